The minimum Gasteiger partial charge on any atom is -0.385 e. The summed E-state index contributed by atoms with van der Waals surface area (Å²) in [4.78, 5) is 4.58. The Morgan fingerprint density at radius 1 is 1.24 bits per heavy atom. The first-order chi connectivity index (χ1) is 8.36. The van der Waals surface area contributed by atoms with Gasteiger partial charge in [-0.3, -0.25) is 4.99 Å². The SMILES string of the molecule is CCNC(=NCC1CC1)NCCCCCOC. The van der Waals surface area contributed by atoms with Gasteiger partial charge in [0.05, 0.1) is 0 Å². The van der Waals surface area contributed by atoms with Crippen molar-refractivity contribution < 1.29 is 4.74 Å². The molecule has 2 N–H and O–H groups in total. The van der Waals surface area contributed by atoms with Gasteiger partial charge in [0.25, 0.3) is 0 Å². The maximum Gasteiger partial charge on any atom is 0.191 e. The number of rotatable bonds is 9. The van der Waals surface area contributed by atoms with Crippen molar-refractivity contribution in [3.05, 3.63) is 0 Å². The van der Waals surface area contributed by atoms with E-state index in [1.54, 1.807) is 7.11 Å². The molecule has 0 aliphatic heterocycles. The third kappa shape index (κ3) is 8.02. The van der Waals surface area contributed by atoms with Crippen LogP contribution in [-0.2, 0) is 4.74 Å². The molecule has 1 aliphatic carbocycles. The Morgan fingerprint density at radius 2 is 2.06 bits per heavy atom. The average molecular weight is 241 g/mol. The molecule has 1 rings (SSSR count). The van der Waals surface area contributed by atoms with Crippen molar-refractivity contribution in [2.45, 2.75) is 39.0 Å². The first-order valence-electron chi connectivity index (χ1n) is 6.88. The van der Waals surface area contributed by atoms with Gasteiger partial charge < -0.3 is 15.4 Å². The molecule has 100 valence electrons. The molecule has 0 aromatic carbocycles. The maximum atomic E-state index is 5.02. The molecule has 17 heavy (non-hydrogen) atoms. The van der Waals surface area contributed by atoms with E-state index in [1.807, 2.05) is 0 Å². The fraction of sp³-hybridized carbons (Fsp3) is 0.923. The first kappa shape index (κ1) is 14.3. The van der Waals surface area contributed by atoms with E-state index in [1.165, 1.54) is 25.7 Å². The Kier molecular flexibility index (Phi) is 7.80. The molecule has 0 amide bonds. The predicted octanol–water partition coefficient (Wildman–Crippen LogP) is 1.77. The molecular weight excluding hydrogens is 214 g/mol. The Balaban J connectivity index is 2.04. The second kappa shape index (κ2) is 9.28. The monoisotopic (exact) mass is 241 g/mol. The lowest BCUT2D eigenvalue weighted by atomic mass is 10.2. The molecule has 0 heterocycles. The van der Waals surface area contributed by atoms with E-state index in [4.69, 9.17) is 4.74 Å². The van der Waals surface area contributed by atoms with Crippen LogP contribution in [0.25, 0.3) is 0 Å². The van der Waals surface area contributed by atoms with Crippen LogP contribution in [0.3, 0.4) is 0 Å². The fourth-order valence-corrected chi connectivity index (χ4v) is 1.62. The molecule has 0 bridgehead atoms. The van der Waals surface area contributed by atoms with Gasteiger partial charge in [0.2, 0.25) is 0 Å². The van der Waals surface area contributed by atoms with Crippen LogP contribution < -0.4 is 10.6 Å². The van der Waals surface area contributed by atoms with Gasteiger partial charge >= 0.3 is 0 Å². The van der Waals surface area contributed by atoms with E-state index in [0.717, 1.165) is 44.5 Å². The number of hydrogen-bond donors (Lipinski definition) is 2. The second-order valence-electron chi connectivity index (χ2n) is 4.64. The van der Waals surface area contributed by atoms with Gasteiger partial charge in [0.1, 0.15) is 0 Å². The van der Waals surface area contributed by atoms with Crippen LogP contribution in [0.5, 0.6) is 0 Å². The third-order valence-corrected chi connectivity index (χ3v) is 2.87. The average Bonchev–Trinajstić information content (AvgIpc) is 3.14. The zero-order chi connectivity index (χ0) is 12.3. The highest BCUT2D eigenvalue weighted by molar-refractivity contribution is 5.79. The molecule has 0 aromatic heterocycles. The zero-order valence-electron chi connectivity index (χ0n) is 11.3. The number of nitrogens with one attached hydrogen (secondary N) is 2. The summed E-state index contributed by atoms with van der Waals surface area (Å²) in [6.45, 7) is 5.89. The number of hydrogen-bond acceptors (Lipinski definition) is 2. The number of unbranched alkanes of at least 4 members (excludes halogenated alkanes) is 2. The summed E-state index contributed by atoms with van der Waals surface area (Å²) >= 11 is 0. The van der Waals surface area contributed by atoms with Crippen molar-refractivity contribution >= 4 is 5.96 Å². The molecule has 0 spiro atoms. The molecule has 0 saturated heterocycles. The summed E-state index contributed by atoms with van der Waals surface area (Å²) < 4.78 is 5.02. The standard InChI is InChI=1S/C13H27N3O/c1-3-14-13(16-11-12-7-8-12)15-9-5-4-6-10-17-2/h12H,3-11H2,1-2H3,(H2,14,15,16). The number of guanidine groups is 1. The summed E-state index contributed by atoms with van der Waals surface area (Å²) in [5.41, 5.74) is 0. The van der Waals surface area contributed by atoms with Crippen molar-refractivity contribution in [1.29, 1.82) is 0 Å². The van der Waals surface area contributed by atoms with Crippen molar-refractivity contribution in [3.8, 4) is 0 Å². The van der Waals surface area contributed by atoms with Crippen LogP contribution in [0.4, 0.5) is 0 Å². The summed E-state index contributed by atoms with van der Waals surface area (Å²) in [5, 5.41) is 6.66. The van der Waals surface area contributed by atoms with Crippen LogP contribution >= 0.6 is 0 Å². The summed E-state index contributed by atoms with van der Waals surface area (Å²) in [6, 6.07) is 0. The topological polar surface area (TPSA) is 45.7 Å². The van der Waals surface area contributed by atoms with Gasteiger partial charge in [0.15, 0.2) is 5.96 Å². The summed E-state index contributed by atoms with van der Waals surface area (Å²) in [5.74, 6) is 1.83. The molecule has 1 fully saturated rings. The van der Waals surface area contributed by atoms with Gasteiger partial charge in [-0.15, -0.1) is 0 Å². The minimum absolute atomic E-state index is 0.854. The van der Waals surface area contributed by atoms with E-state index in [0.29, 0.717) is 0 Å². The van der Waals surface area contributed by atoms with Crippen molar-refractivity contribution in [1.82, 2.24) is 10.6 Å². The van der Waals surface area contributed by atoms with Crippen LogP contribution in [0.2, 0.25) is 0 Å². The summed E-state index contributed by atoms with van der Waals surface area (Å²) in [7, 11) is 1.76. The number of ether oxygens (including phenoxy) is 1. The second-order valence-corrected chi connectivity index (χ2v) is 4.64. The summed E-state index contributed by atoms with van der Waals surface area (Å²) in [6.07, 6.45) is 6.26. The van der Waals surface area contributed by atoms with Gasteiger partial charge in [0, 0.05) is 33.4 Å². The highest BCUT2D eigenvalue weighted by Crippen LogP contribution is 2.28. The molecule has 1 aliphatic rings. The maximum absolute atomic E-state index is 5.02. The molecular formula is C13H27N3O. The molecule has 0 radical (unpaired) electrons. The van der Waals surface area contributed by atoms with E-state index < -0.39 is 0 Å². The Morgan fingerprint density at radius 3 is 2.71 bits per heavy atom. The van der Waals surface area contributed by atoms with E-state index in [2.05, 4.69) is 22.5 Å². The normalized spacial score (nSPS) is 16.0. The molecule has 0 unspecified atom stereocenters. The lowest BCUT2D eigenvalue weighted by molar-refractivity contribution is 0.192. The first-order valence-corrected chi connectivity index (χ1v) is 6.88. The smallest absolute Gasteiger partial charge is 0.191 e. The Hall–Kier alpha value is -0.770. The van der Waals surface area contributed by atoms with Crippen molar-refractivity contribution in [2.24, 2.45) is 10.9 Å². The molecule has 0 aromatic rings. The third-order valence-electron chi connectivity index (χ3n) is 2.87. The quantitative estimate of drug-likeness (QED) is 0.367. The Labute approximate surface area is 105 Å². The predicted molar refractivity (Wildman–Crippen MR) is 72.4 cm³/mol. The lowest BCUT2D eigenvalue weighted by Gasteiger charge is -2.10. The van der Waals surface area contributed by atoms with Crippen molar-refractivity contribution in [2.75, 3.05) is 33.4 Å². The van der Waals surface area contributed by atoms with Crippen LogP contribution in [-0.4, -0.2) is 39.3 Å². The van der Waals surface area contributed by atoms with Gasteiger partial charge in [-0.2, -0.15) is 0 Å². The van der Waals surface area contributed by atoms with Crippen LogP contribution in [0, 0.1) is 5.92 Å². The molecule has 4 heteroatoms. The van der Waals surface area contributed by atoms with Crippen LogP contribution in [0.1, 0.15) is 39.0 Å². The van der Waals surface area contributed by atoms with Crippen LogP contribution in [0.15, 0.2) is 4.99 Å². The largest absolute Gasteiger partial charge is 0.385 e. The number of nitrogens with zero attached hydrogens (tertiary/aromatic N) is 1. The highest BCUT2D eigenvalue weighted by atomic mass is 16.5. The fourth-order valence-electron chi connectivity index (χ4n) is 1.62. The highest BCUT2D eigenvalue weighted by Gasteiger charge is 2.20. The van der Waals surface area contributed by atoms with E-state index in [9.17, 15) is 0 Å². The molecule has 1 saturated carbocycles. The Bertz CT molecular complexity index is 215. The lowest BCUT2D eigenvalue weighted by Crippen LogP contribution is -2.38. The van der Waals surface area contributed by atoms with Crippen molar-refractivity contribution in [3.63, 3.8) is 0 Å². The molecule has 0 atom stereocenters. The van der Waals surface area contributed by atoms with E-state index >= 15 is 0 Å². The zero-order valence-corrected chi connectivity index (χ0v) is 11.3. The minimum atomic E-state index is 0.854. The van der Waals surface area contributed by atoms with Gasteiger partial charge in [-0.05, 0) is 44.9 Å². The number of aliphatic imine (C=N–C) groups is 1. The molecule has 4 nitrogen and oxygen atoms in total. The van der Waals surface area contributed by atoms with Gasteiger partial charge in [-0.1, -0.05) is 0 Å². The number of methoxy groups -OCH3 is 1. The van der Waals surface area contributed by atoms with Gasteiger partial charge in [-0.25, -0.2) is 0 Å². The van der Waals surface area contributed by atoms with E-state index in [-0.39, 0.29) is 0 Å².